The highest BCUT2D eigenvalue weighted by Crippen LogP contribution is 2.25. The number of amides is 1. The number of benzene rings is 3. The summed E-state index contributed by atoms with van der Waals surface area (Å²) in [4.78, 5) is 12.6. The number of rotatable bonds is 7. The lowest BCUT2D eigenvalue weighted by molar-refractivity contribution is -0.114. The smallest absolute Gasteiger partial charge is 0.264 e. The Kier molecular flexibility index (Phi) is 6.59. The minimum Gasteiger partial charge on any atom is -0.497 e. The van der Waals surface area contributed by atoms with Gasteiger partial charge in [-0.3, -0.25) is 9.10 Å². The van der Waals surface area contributed by atoms with Crippen LogP contribution in [0.5, 0.6) is 5.75 Å². The van der Waals surface area contributed by atoms with Crippen molar-refractivity contribution in [2.24, 2.45) is 0 Å². The molecule has 0 unspecified atom stereocenters. The summed E-state index contributed by atoms with van der Waals surface area (Å²) >= 11 is 5.73. The van der Waals surface area contributed by atoms with E-state index in [4.69, 9.17) is 16.3 Å². The van der Waals surface area contributed by atoms with Crippen molar-refractivity contribution in [1.82, 2.24) is 0 Å². The second kappa shape index (κ2) is 9.15. The Morgan fingerprint density at radius 1 is 1.07 bits per heavy atom. The van der Waals surface area contributed by atoms with Gasteiger partial charge in [0.05, 0.1) is 22.7 Å². The van der Waals surface area contributed by atoms with Gasteiger partial charge in [0, 0.05) is 5.69 Å². The van der Waals surface area contributed by atoms with Gasteiger partial charge >= 0.3 is 0 Å². The molecule has 9 heteroatoms. The van der Waals surface area contributed by atoms with Gasteiger partial charge in [0.2, 0.25) is 5.91 Å². The molecule has 0 atom stereocenters. The lowest BCUT2D eigenvalue weighted by Crippen LogP contribution is -2.38. The zero-order valence-electron chi connectivity index (χ0n) is 15.9. The third kappa shape index (κ3) is 4.90. The maximum Gasteiger partial charge on any atom is 0.264 e. The molecule has 0 aliphatic carbocycles. The van der Waals surface area contributed by atoms with Crippen molar-refractivity contribution in [2.45, 2.75) is 4.90 Å². The standard InChI is InChI=1S/C21H18ClFN2O4S/c1-29-17-8-10-18(11-9-17)30(27,28)25(16-5-3-2-4-6-16)14-21(26)24-15-7-12-20(23)19(22)13-15/h2-13H,14H2,1H3,(H,24,26). The molecule has 0 aliphatic heterocycles. The highest BCUT2D eigenvalue weighted by atomic mass is 35.5. The molecule has 0 aliphatic rings. The van der Waals surface area contributed by atoms with Crippen molar-refractivity contribution in [3.05, 3.63) is 83.6 Å². The Bertz CT molecular complexity index is 1140. The fourth-order valence-electron chi connectivity index (χ4n) is 2.69. The minimum atomic E-state index is -4.05. The monoisotopic (exact) mass is 448 g/mol. The van der Waals surface area contributed by atoms with Crippen LogP contribution in [0.15, 0.2) is 77.7 Å². The first kappa shape index (κ1) is 21.6. The SMILES string of the molecule is COc1ccc(S(=O)(=O)N(CC(=O)Nc2ccc(F)c(Cl)c2)c2ccccc2)cc1. The number of nitrogens with zero attached hydrogens (tertiary/aromatic N) is 1. The van der Waals surface area contributed by atoms with Gasteiger partial charge < -0.3 is 10.1 Å². The van der Waals surface area contributed by atoms with Crippen molar-refractivity contribution < 1.29 is 22.3 Å². The number of carbonyl (C=O) groups is 1. The molecule has 0 heterocycles. The summed E-state index contributed by atoms with van der Waals surface area (Å²) in [5, 5.41) is 2.38. The van der Waals surface area contributed by atoms with E-state index in [1.54, 1.807) is 30.3 Å². The molecule has 1 N–H and O–H groups in total. The van der Waals surface area contributed by atoms with E-state index in [0.717, 1.165) is 10.4 Å². The van der Waals surface area contributed by atoms with Crippen molar-refractivity contribution in [3.63, 3.8) is 0 Å². The molecule has 0 bridgehead atoms. The molecule has 156 valence electrons. The Labute approximate surface area is 178 Å². The average Bonchev–Trinajstić information content (AvgIpc) is 2.75. The van der Waals surface area contributed by atoms with Gasteiger partial charge in [0.1, 0.15) is 18.1 Å². The molecule has 3 aromatic carbocycles. The Hall–Kier alpha value is -3.10. The molecule has 3 aromatic rings. The largest absolute Gasteiger partial charge is 0.497 e. The molecule has 0 fully saturated rings. The Morgan fingerprint density at radius 3 is 2.33 bits per heavy atom. The number of nitrogens with one attached hydrogen (secondary N) is 1. The summed E-state index contributed by atoms with van der Waals surface area (Å²) in [6, 6.07) is 17.8. The Morgan fingerprint density at radius 2 is 1.73 bits per heavy atom. The van der Waals surface area contributed by atoms with Crippen LogP contribution in [0.3, 0.4) is 0 Å². The molecule has 0 aromatic heterocycles. The van der Waals surface area contributed by atoms with Gasteiger partial charge in [-0.1, -0.05) is 29.8 Å². The maximum absolute atomic E-state index is 13.3. The van der Waals surface area contributed by atoms with Gasteiger partial charge in [0.15, 0.2) is 0 Å². The van der Waals surface area contributed by atoms with E-state index in [9.17, 15) is 17.6 Å². The van der Waals surface area contributed by atoms with Crippen molar-refractivity contribution in [2.75, 3.05) is 23.3 Å². The molecule has 3 rings (SSSR count). The third-order valence-electron chi connectivity index (χ3n) is 4.18. The highest BCUT2D eigenvalue weighted by Gasteiger charge is 2.27. The number of halogens is 2. The van der Waals surface area contributed by atoms with Crippen LogP contribution in [0.4, 0.5) is 15.8 Å². The molecule has 0 saturated carbocycles. The Balaban J connectivity index is 1.90. The van der Waals surface area contributed by atoms with Gasteiger partial charge in [-0.15, -0.1) is 0 Å². The molecule has 30 heavy (non-hydrogen) atoms. The van der Waals surface area contributed by atoms with E-state index in [1.165, 1.54) is 43.5 Å². The fourth-order valence-corrected chi connectivity index (χ4v) is 4.29. The predicted octanol–water partition coefficient (Wildman–Crippen LogP) is 4.32. The molecule has 6 nitrogen and oxygen atoms in total. The van der Waals surface area contributed by atoms with E-state index in [-0.39, 0.29) is 15.6 Å². The summed E-state index contributed by atoms with van der Waals surface area (Å²) < 4.78 is 45.9. The zero-order chi connectivity index (χ0) is 21.7. The van der Waals surface area contributed by atoms with Crippen LogP contribution in [-0.2, 0) is 14.8 Å². The summed E-state index contributed by atoms with van der Waals surface area (Å²) in [5.41, 5.74) is 0.571. The second-order valence-electron chi connectivity index (χ2n) is 6.20. The number of sulfonamides is 1. The number of ether oxygens (including phenoxy) is 1. The number of hydrogen-bond donors (Lipinski definition) is 1. The van der Waals surface area contributed by atoms with Gasteiger partial charge in [0.25, 0.3) is 10.0 Å². The summed E-state index contributed by atoms with van der Waals surface area (Å²) in [5.74, 6) is -0.729. The fraction of sp³-hybridized carbons (Fsp3) is 0.0952. The van der Waals surface area contributed by atoms with E-state index in [2.05, 4.69) is 5.32 Å². The van der Waals surface area contributed by atoms with Gasteiger partial charge in [-0.25, -0.2) is 12.8 Å². The summed E-state index contributed by atoms with van der Waals surface area (Å²) in [6.07, 6.45) is 0. The molecule has 0 spiro atoms. The molecule has 0 radical (unpaired) electrons. The first-order valence-electron chi connectivity index (χ1n) is 8.78. The second-order valence-corrected chi connectivity index (χ2v) is 8.47. The quantitative estimate of drug-likeness (QED) is 0.584. The number of anilines is 2. The molecule has 1 amide bonds. The molecular formula is C21H18ClFN2O4S. The maximum atomic E-state index is 13.3. The van der Waals surface area contributed by atoms with Crippen molar-refractivity contribution in [3.8, 4) is 5.75 Å². The number of carbonyl (C=O) groups excluding carboxylic acids is 1. The lowest BCUT2D eigenvalue weighted by Gasteiger charge is -2.24. The van der Waals surface area contributed by atoms with Crippen LogP contribution in [0.2, 0.25) is 5.02 Å². The van der Waals surface area contributed by atoms with E-state index in [0.29, 0.717) is 11.4 Å². The zero-order valence-corrected chi connectivity index (χ0v) is 17.5. The highest BCUT2D eigenvalue weighted by molar-refractivity contribution is 7.92. The van der Waals surface area contributed by atoms with Crippen LogP contribution in [0, 0.1) is 5.82 Å². The van der Waals surface area contributed by atoms with Crippen LogP contribution >= 0.6 is 11.6 Å². The topological polar surface area (TPSA) is 75.7 Å². The van der Waals surface area contributed by atoms with E-state index in [1.807, 2.05) is 0 Å². The summed E-state index contributed by atoms with van der Waals surface area (Å²) in [7, 11) is -2.57. The summed E-state index contributed by atoms with van der Waals surface area (Å²) in [6.45, 7) is -0.493. The minimum absolute atomic E-state index is 0.00443. The van der Waals surface area contributed by atoms with Crippen LogP contribution in [0.1, 0.15) is 0 Å². The first-order chi connectivity index (χ1) is 14.3. The molecular weight excluding hydrogens is 431 g/mol. The van der Waals surface area contributed by atoms with Crippen LogP contribution < -0.4 is 14.4 Å². The van der Waals surface area contributed by atoms with Crippen molar-refractivity contribution in [1.29, 1.82) is 0 Å². The van der Waals surface area contributed by atoms with Gasteiger partial charge in [-0.05, 0) is 54.6 Å². The van der Waals surface area contributed by atoms with Crippen LogP contribution in [-0.4, -0.2) is 28.0 Å². The predicted molar refractivity (Wildman–Crippen MR) is 114 cm³/mol. The molecule has 0 saturated heterocycles. The number of para-hydroxylation sites is 1. The van der Waals surface area contributed by atoms with Gasteiger partial charge in [-0.2, -0.15) is 0 Å². The average molecular weight is 449 g/mol. The van der Waals surface area contributed by atoms with Crippen molar-refractivity contribution >= 4 is 38.9 Å². The third-order valence-corrected chi connectivity index (χ3v) is 6.26. The number of hydrogen-bond acceptors (Lipinski definition) is 4. The first-order valence-corrected chi connectivity index (χ1v) is 10.6. The lowest BCUT2D eigenvalue weighted by atomic mass is 10.3. The van der Waals surface area contributed by atoms with E-state index >= 15 is 0 Å². The van der Waals surface area contributed by atoms with E-state index < -0.39 is 28.3 Å². The van der Waals surface area contributed by atoms with Crippen LogP contribution in [0.25, 0.3) is 0 Å². The normalized spacial score (nSPS) is 11.0. The number of methoxy groups -OCH3 is 1.